The predicted octanol–water partition coefficient (Wildman–Crippen LogP) is 3.86. The molecule has 102 valence electrons. The summed E-state index contributed by atoms with van der Waals surface area (Å²) in [4.78, 5) is 0. The Morgan fingerprint density at radius 1 is 1.37 bits per heavy atom. The Balaban J connectivity index is 2.33. The van der Waals surface area contributed by atoms with Gasteiger partial charge in [-0.2, -0.15) is 0 Å². The maximum atomic E-state index is 12.2. The highest BCUT2D eigenvalue weighted by atomic mass is 79.9. The average molecular weight is 382 g/mol. The van der Waals surface area contributed by atoms with E-state index < -0.39 is 10.0 Å². The molecule has 1 aromatic heterocycles. The lowest BCUT2D eigenvalue weighted by Crippen LogP contribution is -2.11. The van der Waals surface area contributed by atoms with Crippen molar-refractivity contribution >= 4 is 60.3 Å². The molecule has 0 atom stereocenters. The van der Waals surface area contributed by atoms with Crippen molar-refractivity contribution in [3.05, 3.63) is 38.6 Å². The Bertz CT molecular complexity index is 709. The molecule has 0 unspecified atom stereocenters. The molecular formula is C11H10BrClN2O2S2. The number of aryl methyl sites for hydroxylation is 1. The maximum absolute atomic E-state index is 12.2. The first-order valence-electron chi connectivity index (χ1n) is 5.13. The van der Waals surface area contributed by atoms with Crippen LogP contribution in [0.1, 0.15) is 5.56 Å². The molecule has 1 aromatic carbocycles. The highest BCUT2D eigenvalue weighted by molar-refractivity contribution is 9.10. The van der Waals surface area contributed by atoms with E-state index in [4.69, 9.17) is 17.3 Å². The second kappa shape index (κ2) is 5.32. The van der Waals surface area contributed by atoms with E-state index in [9.17, 15) is 8.42 Å². The standard InChI is InChI=1S/C11H10BrClN2O2S2/c1-6-4-10(18-11(6)13)19(16,17)15-7-2-3-9(14)8(12)5-7/h2-5,15H,14H2,1H3. The minimum Gasteiger partial charge on any atom is -0.398 e. The summed E-state index contributed by atoms with van der Waals surface area (Å²) in [6.07, 6.45) is 0. The molecule has 0 aliphatic heterocycles. The van der Waals surface area contributed by atoms with E-state index in [2.05, 4.69) is 20.7 Å². The molecule has 3 N–H and O–H groups in total. The van der Waals surface area contributed by atoms with Crippen LogP contribution in [-0.2, 0) is 10.0 Å². The lowest BCUT2D eigenvalue weighted by Gasteiger charge is -2.07. The molecule has 0 saturated carbocycles. The first-order valence-corrected chi connectivity index (χ1v) is 8.60. The van der Waals surface area contributed by atoms with Crippen molar-refractivity contribution in [1.82, 2.24) is 0 Å². The molecule has 19 heavy (non-hydrogen) atoms. The van der Waals surface area contributed by atoms with Gasteiger partial charge in [0.15, 0.2) is 0 Å². The highest BCUT2D eigenvalue weighted by Crippen LogP contribution is 2.32. The van der Waals surface area contributed by atoms with Gasteiger partial charge in [0.2, 0.25) is 0 Å². The fraction of sp³-hybridized carbons (Fsp3) is 0.0909. The van der Waals surface area contributed by atoms with Crippen LogP contribution < -0.4 is 10.5 Å². The van der Waals surface area contributed by atoms with Crippen LogP contribution in [0.15, 0.2) is 32.9 Å². The molecular weight excluding hydrogens is 372 g/mol. The van der Waals surface area contributed by atoms with Crippen LogP contribution in [0.3, 0.4) is 0 Å². The predicted molar refractivity (Wildman–Crippen MR) is 83.4 cm³/mol. The zero-order valence-corrected chi connectivity index (χ0v) is 13.8. The Kier molecular flexibility index (Phi) is 4.10. The first kappa shape index (κ1) is 14.6. The Morgan fingerprint density at radius 2 is 2.05 bits per heavy atom. The van der Waals surface area contributed by atoms with Crippen LogP contribution >= 0.6 is 38.9 Å². The second-order valence-electron chi connectivity index (χ2n) is 3.86. The third kappa shape index (κ3) is 3.22. The molecule has 0 aliphatic carbocycles. The zero-order chi connectivity index (χ0) is 14.2. The maximum Gasteiger partial charge on any atom is 0.271 e. The number of nitrogen functional groups attached to an aromatic ring is 1. The molecule has 8 heteroatoms. The van der Waals surface area contributed by atoms with E-state index in [-0.39, 0.29) is 4.21 Å². The summed E-state index contributed by atoms with van der Waals surface area (Å²) in [5, 5.41) is 0. The van der Waals surface area contributed by atoms with Gasteiger partial charge < -0.3 is 5.73 Å². The molecule has 4 nitrogen and oxygen atoms in total. The summed E-state index contributed by atoms with van der Waals surface area (Å²) in [7, 11) is -3.62. The van der Waals surface area contributed by atoms with Gasteiger partial charge in [0.1, 0.15) is 4.21 Å². The summed E-state index contributed by atoms with van der Waals surface area (Å²) < 4.78 is 28.1. The van der Waals surface area contributed by atoms with Crippen molar-refractivity contribution in [2.45, 2.75) is 11.1 Å². The van der Waals surface area contributed by atoms with Gasteiger partial charge in [-0.25, -0.2) is 8.42 Å². The number of anilines is 2. The lowest BCUT2D eigenvalue weighted by molar-refractivity contribution is 0.603. The van der Waals surface area contributed by atoms with Crippen LogP contribution in [0.4, 0.5) is 11.4 Å². The number of hydrogen-bond acceptors (Lipinski definition) is 4. The largest absolute Gasteiger partial charge is 0.398 e. The SMILES string of the molecule is Cc1cc(S(=O)(=O)Nc2ccc(N)c(Br)c2)sc1Cl. The number of benzene rings is 1. The van der Waals surface area contributed by atoms with E-state index >= 15 is 0 Å². The highest BCUT2D eigenvalue weighted by Gasteiger charge is 2.18. The summed E-state index contributed by atoms with van der Waals surface area (Å²) >= 11 is 10.2. The number of thiophene rings is 1. The third-order valence-corrected chi connectivity index (χ3v) is 6.45. The molecule has 2 aromatic rings. The van der Waals surface area contributed by atoms with E-state index in [0.717, 1.165) is 16.9 Å². The van der Waals surface area contributed by atoms with Crippen molar-refractivity contribution in [3.63, 3.8) is 0 Å². The van der Waals surface area contributed by atoms with Gasteiger partial charge in [-0.3, -0.25) is 4.72 Å². The lowest BCUT2D eigenvalue weighted by atomic mass is 10.3. The third-order valence-electron chi connectivity index (χ3n) is 2.35. The van der Waals surface area contributed by atoms with Crippen LogP contribution in [0.25, 0.3) is 0 Å². The summed E-state index contributed by atoms with van der Waals surface area (Å²) in [5.41, 5.74) is 7.36. The van der Waals surface area contributed by atoms with Crippen LogP contribution in [0.5, 0.6) is 0 Å². The smallest absolute Gasteiger partial charge is 0.271 e. The summed E-state index contributed by atoms with van der Waals surface area (Å²) in [6.45, 7) is 1.76. The molecule has 0 amide bonds. The minimum atomic E-state index is -3.62. The fourth-order valence-electron chi connectivity index (χ4n) is 1.36. The number of nitrogens with one attached hydrogen (secondary N) is 1. The van der Waals surface area contributed by atoms with Crippen LogP contribution in [-0.4, -0.2) is 8.42 Å². The van der Waals surface area contributed by atoms with Crippen molar-refractivity contribution < 1.29 is 8.42 Å². The number of nitrogens with two attached hydrogens (primary N) is 1. The quantitative estimate of drug-likeness (QED) is 0.793. The van der Waals surface area contributed by atoms with Gasteiger partial charge in [0, 0.05) is 10.2 Å². The van der Waals surface area contributed by atoms with E-state index in [1.807, 2.05) is 0 Å². The summed E-state index contributed by atoms with van der Waals surface area (Å²) in [5.74, 6) is 0. The van der Waals surface area contributed by atoms with Gasteiger partial charge in [-0.15, -0.1) is 11.3 Å². The number of sulfonamides is 1. The molecule has 1 heterocycles. The Hall–Kier alpha value is -0.760. The van der Waals surface area contributed by atoms with Gasteiger partial charge in [-0.05, 0) is 52.7 Å². The van der Waals surface area contributed by atoms with Gasteiger partial charge in [0.05, 0.1) is 10.0 Å². The molecule has 0 saturated heterocycles. The number of hydrogen-bond donors (Lipinski definition) is 2. The van der Waals surface area contributed by atoms with Crippen molar-refractivity contribution in [3.8, 4) is 0 Å². The van der Waals surface area contributed by atoms with Crippen molar-refractivity contribution in [2.24, 2.45) is 0 Å². The monoisotopic (exact) mass is 380 g/mol. The van der Waals surface area contributed by atoms with E-state index in [0.29, 0.717) is 20.2 Å². The van der Waals surface area contributed by atoms with E-state index in [1.165, 1.54) is 0 Å². The zero-order valence-electron chi connectivity index (χ0n) is 9.78. The topological polar surface area (TPSA) is 72.2 Å². The minimum absolute atomic E-state index is 0.183. The molecule has 0 fully saturated rings. The van der Waals surface area contributed by atoms with Gasteiger partial charge >= 0.3 is 0 Å². The molecule has 2 rings (SSSR count). The summed E-state index contributed by atoms with van der Waals surface area (Å²) in [6, 6.07) is 6.37. The normalized spacial score (nSPS) is 11.5. The molecule has 0 bridgehead atoms. The van der Waals surface area contributed by atoms with Crippen molar-refractivity contribution in [2.75, 3.05) is 10.5 Å². The Morgan fingerprint density at radius 3 is 2.58 bits per heavy atom. The van der Waals surface area contributed by atoms with E-state index in [1.54, 1.807) is 31.2 Å². The van der Waals surface area contributed by atoms with Crippen LogP contribution in [0, 0.1) is 6.92 Å². The van der Waals surface area contributed by atoms with Crippen molar-refractivity contribution in [1.29, 1.82) is 0 Å². The Labute approximate surface area is 128 Å². The fourth-order valence-corrected chi connectivity index (χ4v) is 4.50. The number of rotatable bonds is 3. The molecule has 0 radical (unpaired) electrons. The van der Waals surface area contributed by atoms with Gasteiger partial charge in [0.25, 0.3) is 10.0 Å². The first-order chi connectivity index (χ1) is 8.79. The number of halogens is 2. The molecule has 0 spiro atoms. The van der Waals surface area contributed by atoms with Gasteiger partial charge in [-0.1, -0.05) is 11.6 Å². The van der Waals surface area contributed by atoms with Crippen LogP contribution in [0.2, 0.25) is 4.34 Å². The molecule has 0 aliphatic rings. The second-order valence-corrected chi connectivity index (χ2v) is 8.28. The average Bonchev–Trinajstić information content (AvgIpc) is 2.65.